The fraction of sp³-hybridized carbons (Fsp3) is 0.333. The Hall–Kier alpha value is -2.20. The zero-order valence-electron chi connectivity index (χ0n) is 13.3. The predicted molar refractivity (Wildman–Crippen MR) is 87.6 cm³/mol. The van der Waals surface area contributed by atoms with Gasteiger partial charge < -0.3 is 4.74 Å². The van der Waals surface area contributed by atoms with Crippen molar-refractivity contribution in [3.05, 3.63) is 52.8 Å². The molecule has 2 rings (SSSR count). The van der Waals surface area contributed by atoms with Crippen molar-refractivity contribution in [2.45, 2.75) is 33.6 Å². The Morgan fingerprint density at radius 2 is 1.91 bits per heavy atom. The first-order valence-corrected chi connectivity index (χ1v) is 7.51. The van der Waals surface area contributed by atoms with Crippen LogP contribution < -0.4 is 5.73 Å². The fourth-order valence-electron chi connectivity index (χ4n) is 2.49. The van der Waals surface area contributed by atoms with Crippen molar-refractivity contribution in [3.8, 4) is 11.1 Å². The highest BCUT2D eigenvalue weighted by atomic mass is 16.5. The number of aryl methyl sites for hydroxylation is 3. The van der Waals surface area contributed by atoms with Crippen molar-refractivity contribution in [2.75, 3.05) is 6.73 Å². The monoisotopic (exact) mass is 298 g/mol. The minimum Gasteiger partial charge on any atom is -0.446 e. The number of nitrogens with zero attached hydrogens (tertiary/aromatic N) is 1. The number of rotatable bonds is 5. The zero-order valence-corrected chi connectivity index (χ0v) is 13.3. The van der Waals surface area contributed by atoms with Crippen LogP contribution in [0.1, 0.15) is 40.7 Å². The summed E-state index contributed by atoms with van der Waals surface area (Å²) in [6.07, 6.45) is 1.89. The molecule has 0 aliphatic rings. The fourth-order valence-corrected chi connectivity index (χ4v) is 2.49. The Balaban J connectivity index is 2.60. The molecule has 0 saturated heterocycles. The number of aromatic nitrogens is 1. The smallest absolute Gasteiger partial charge is 0.341 e. The van der Waals surface area contributed by atoms with Crippen molar-refractivity contribution < 1.29 is 9.53 Å². The van der Waals surface area contributed by atoms with Crippen molar-refractivity contribution >= 4 is 5.97 Å². The van der Waals surface area contributed by atoms with Crippen LogP contribution >= 0.6 is 0 Å². The molecule has 0 saturated carbocycles. The lowest BCUT2D eigenvalue weighted by Gasteiger charge is -2.14. The van der Waals surface area contributed by atoms with E-state index >= 15 is 0 Å². The van der Waals surface area contributed by atoms with Crippen LogP contribution in [0.3, 0.4) is 0 Å². The van der Waals surface area contributed by atoms with Crippen LogP contribution in [-0.4, -0.2) is 17.7 Å². The van der Waals surface area contributed by atoms with Crippen molar-refractivity contribution in [1.82, 2.24) is 4.98 Å². The van der Waals surface area contributed by atoms with Crippen LogP contribution in [0.5, 0.6) is 0 Å². The van der Waals surface area contributed by atoms with Gasteiger partial charge in [0.05, 0.1) is 11.3 Å². The highest BCUT2D eigenvalue weighted by Gasteiger charge is 2.19. The maximum atomic E-state index is 12.3. The van der Waals surface area contributed by atoms with Crippen LogP contribution in [0.25, 0.3) is 11.1 Å². The molecule has 2 aromatic rings. The molecule has 0 radical (unpaired) electrons. The van der Waals surface area contributed by atoms with Gasteiger partial charge in [-0.3, -0.25) is 10.7 Å². The largest absolute Gasteiger partial charge is 0.446 e. The molecule has 0 amide bonds. The van der Waals surface area contributed by atoms with Gasteiger partial charge in [0.1, 0.15) is 6.73 Å². The zero-order chi connectivity index (χ0) is 16.1. The van der Waals surface area contributed by atoms with Crippen molar-refractivity contribution in [2.24, 2.45) is 5.73 Å². The van der Waals surface area contributed by atoms with Crippen LogP contribution in [0.4, 0.5) is 0 Å². The van der Waals surface area contributed by atoms with Crippen molar-refractivity contribution in [1.29, 1.82) is 0 Å². The molecule has 2 N–H and O–H groups in total. The number of carbonyl (C=O) groups is 1. The second-order valence-corrected chi connectivity index (χ2v) is 5.34. The predicted octanol–water partition coefficient (Wildman–Crippen LogP) is 3.39. The summed E-state index contributed by atoms with van der Waals surface area (Å²) in [5.41, 5.74) is 10.5. The molecule has 0 fully saturated rings. The number of hydrogen-bond donors (Lipinski definition) is 1. The molecule has 4 heteroatoms. The lowest BCUT2D eigenvalue weighted by atomic mass is 9.96. The SMILES string of the molecule is CCCc1cc(-c2ccc(C)cc2)c(C(=O)OCN)c(C)n1. The van der Waals surface area contributed by atoms with E-state index in [1.807, 2.05) is 44.2 Å². The van der Waals surface area contributed by atoms with E-state index in [2.05, 4.69) is 11.9 Å². The Kier molecular flexibility index (Phi) is 5.28. The molecule has 0 atom stereocenters. The Labute approximate surface area is 131 Å². The summed E-state index contributed by atoms with van der Waals surface area (Å²) < 4.78 is 4.99. The van der Waals surface area contributed by atoms with Gasteiger partial charge in [0.25, 0.3) is 0 Å². The third-order valence-electron chi connectivity index (χ3n) is 3.54. The second-order valence-electron chi connectivity index (χ2n) is 5.34. The lowest BCUT2D eigenvalue weighted by Crippen LogP contribution is -2.15. The molecule has 22 heavy (non-hydrogen) atoms. The van der Waals surface area contributed by atoms with E-state index in [4.69, 9.17) is 10.5 Å². The summed E-state index contributed by atoms with van der Waals surface area (Å²) in [5, 5.41) is 0. The summed E-state index contributed by atoms with van der Waals surface area (Å²) in [5.74, 6) is -0.425. The molecule has 4 nitrogen and oxygen atoms in total. The van der Waals surface area contributed by atoms with E-state index in [9.17, 15) is 4.79 Å². The topological polar surface area (TPSA) is 65.2 Å². The summed E-state index contributed by atoms with van der Waals surface area (Å²) >= 11 is 0. The molecule has 116 valence electrons. The van der Waals surface area contributed by atoms with Gasteiger partial charge >= 0.3 is 5.97 Å². The normalized spacial score (nSPS) is 10.5. The summed E-state index contributed by atoms with van der Waals surface area (Å²) in [4.78, 5) is 16.8. The number of ether oxygens (including phenoxy) is 1. The van der Waals surface area contributed by atoms with Gasteiger partial charge in [-0.05, 0) is 37.5 Å². The van der Waals surface area contributed by atoms with Crippen molar-refractivity contribution in [3.63, 3.8) is 0 Å². The molecule has 1 aromatic carbocycles. The third kappa shape index (κ3) is 3.52. The molecule has 0 aliphatic carbocycles. The van der Waals surface area contributed by atoms with Gasteiger partial charge in [-0.15, -0.1) is 0 Å². The van der Waals surface area contributed by atoms with E-state index in [0.29, 0.717) is 11.3 Å². The van der Waals surface area contributed by atoms with Gasteiger partial charge in [-0.25, -0.2) is 4.79 Å². The first-order chi connectivity index (χ1) is 10.6. The maximum Gasteiger partial charge on any atom is 0.341 e. The highest BCUT2D eigenvalue weighted by molar-refractivity contribution is 5.98. The van der Waals surface area contributed by atoms with E-state index in [0.717, 1.165) is 29.7 Å². The Morgan fingerprint density at radius 3 is 2.50 bits per heavy atom. The number of esters is 1. The molecular weight excluding hydrogens is 276 g/mol. The molecular formula is C18H22N2O2. The van der Waals surface area contributed by atoms with Gasteiger partial charge in [0, 0.05) is 5.69 Å². The van der Waals surface area contributed by atoms with Crippen LogP contribution in [0.2, 0.25) is 0 Å². The standard InChI is InChI=1S/C18H22N2O2/c1-4-5-15-10-16(14-8-6-12(2)7-9-14)17(13(3)20-15)18(21)22-11-19/h6-10H,4-5,11,19H2,1-3H3. The molecule has 1 heterocycles. The number of benzene rings is 1. The number of carbonyl (C=O) groups excluding carboxylic acids is 1. The Bertz CT molecular complexity index is 664. The van der Waals surface area contributed by atoms with Gasteiger partial charge in [0.15, 0.2) is 0 Å². The molecule has 1 aromatic heterocycles. The summed E-state index contributed by atoms with van der Waals surface area (Å²) in [7, 11) is 0. The highest BCUT2D eigenvalue weighted by Crippen LogP contribution is 2.28. The quantitative estimate of drug-likeness (QED) is 0.679. The summed E-state index contributed by atoms with van der Waals surface area (Å²) in [6, 6.07) is 10.1. The third-order valence-corrected chi connectivity index (χ3v) is 3.54. The minimum atomic E-state index is -0.425. The Morgan fingerprint density at radius 1 is 1.23 bits per heavy atom. The summed E-state index contributed by atoms with van der Waals surface area (Å²) in [6.45, 7) is 5.85. The van der Waals surface area contributed by atoms with Gasteiger partial charge in [-0.2, -0.15) is 0 Å². The van der Waals surface area contributed by atoms with E-state index in [1.165, 1.54) is 5.56 Å². The molecule has 0 bridgehead atoms. The molecule has 0 aliphatic heterocycles. The van der Waals surface area contributed by atoms with Crippen LogP contribution in [0, 0.1) is 13.8 Å². The van der Waals surface area contributed by atoms with E-state index < -0.39 is 5.97 Å². The van der Waals surface area contributed by atoms with Crippen LogP contribution in [-0.2, 0) is 11.2 Å². The number of pyridine rings is 1. The number of nitrogens with two attached hydrogens (primary N) is 1. The first-order valence-electron chi connectivity index (χ1n) is 7.51. The maximum absolute atomic E-state index is 12.3. The second kappa shape index (κ2) is 7.18. The number of hydrogen-bond acceptors (Lipinski definition) is 4. The molecule has 0 unspecified atom stereocenters. The van der Waals surface area contributed by atoms with Gasteiger partial charge in [-0.1, -0.05) is 43.2 Å². The lowest BCUT2D eigenvalue weighted by molar-refractivity contribution is 0.0515. The average Bonchev–Trinajstić information content (AvgIpc) is 2.48. The first kappa shape index (κ1) is 16.2. The molecule has 0 spiro atoms. The van der Waals surface area contributed by atoms with Crippen LogP contribution in [0.15, 0.2) is 30.3 Å². The van der Waals surface area contributed by atoms with E-state index in [-0.39, 0.29) is 6.73 Å². The van der Waals surface area contributed by atoms with Gasteiger partial charge in [0.2, 0.25) is 0 Å². The average molecular weight is 298 g/mol. The minimum absolute atomic E-state index is 0.137. The van der Waals surface area contributed by atoms with E-state index in [1.54, 1.807) is 0 Å².